The zero-order valence-corrected chi connectivity index (χ0v) is 23.4. The molecule has 42 heavy (non-hydrogen) atoms. The number of anilines is 2. The van der Waals surface area contributed by atoms with Crippen LogP contribution in [-0.4, -0.2) is 62.2 Å². The highest BCUT2D eigenvalue weighted by molar-refractivity contribution is 5.98. The number of hydrogen-bond donors (Lipinski definition) is 1. The van der Waals surface area contributed by atoms with Gasteiger partial charge in [0.15, 0.2) is 5.65 Å². The fourth-order valence-corrected chi connectivity index (χ4v) is 5.20. The molecule has 1 fully saturated rings. The van der Waals surface area contributed by atoms with Gasteiger partial charge in [0.05, 0.1) is 11.4 Å². The maximum Gasteiger partial charge on any atom is 0.246 e. The van der Waals surface area contributed by atoms with Crippen LogP contribution in [-0.2, 0) is 4.79 Å². The standard InChI is InChI=1S/C32H32N8O2/c1-38(27-12-5-6-18-34-27)19-8-13-28(41)39-20-7-9-24(21-39)40-32-29(31(33)35-22-36-32)30(37-40)23-14-16-26(17-15-23)42-25-10-3-2-4-11-25/h2-6,8,10-18,22,24H,7,9,19-21H2,1H3,(H2,33,35,36)/b13-8+/t24-/m1/s1. The molecule has 0 aliphatic carbocycles. The Balaban J connectivity index is 1.20. The monoisotopic (exact) mass is 560 g/mol. The van der Waals surface area contributed by atoms with Crippen molar-refractivity contribution in [2.45, 2.75) is 18.9 Å². The Bertz CT molecular complexity index is 1690. The smallest absolute Gasteiger partial charge is 0.246 e. The van der Waals surface area contributed by atoms with E-state index in [-0.39, 0.29) is 11.9 Å². The van der Waals surface area contributed by atoms with Crippen LogP contribution in [0.4, 0.5) is 11.6 Å². The van der Waals surface area contributed by atoms with Gasteiger partial charge in [-0.2, -0.15) is 5.10 Å². The molecule has 2 aromatic carbocycles. The van der Waals surface area contributed by atoms with E-state index in [0.717, 1.165) is 35.7 Å². The van der Waals surface area contributed by atoms with Crippen LogP contribution in [0, 0.1) is 0 Å². The first-order valence-corrected chi connectivity index (χ1v) is 14.0. The Morgan fingerprint density at radius 3 is 2.60 bits per heavy atom. The first-order chi connectivity index (χ1) is 20.6. The molecule has 10 heteroatoms. The molecular weight excluding hydrogens is 528 g/mol. The molecule has 0 spiro atoms. The third-order valence-corrected chi connectivity index (χ3v) is 7.36. The van der Waals surface area contributed by atoms with Gasteiger partial charge in [0.2, 0.25) is 5.91 Å². The number of rotatable bonds is 8. The molecule has 1 saturated heterocycles. The molecule has 10 nitrogen and oxygen atoms in total. The van der Waals surface area contributed by atoms with Crippen LogP contribution < -0.4 is 15.4 Å². The molecule has 0 saturated carbocycles. The molecule has 0 radical (unpaired) electrons. The van der Waals surface area contributed by atoms with E-state index >= 15 is 0 Å². The van der Waals surface area contributed by atoms with Crippen LogP contribution in [0.15, 0.2) is 97.5 Å². The lowest BCUT2D eigenvalue weighted by Crippen LogP contribution is -2.40. The number of fused-ring (bicyclic) bond motifs is 1. The number of benzene rings is 2. The minimum absolute atomic E-state index is 0.0195. The molecule has 6 rings (SSSR count). The summed E-state index contributed by atoms with van der Waals surface area (Å²) in [5.41, 5.74) is 8.60. The van der Waals surface area contributed by atoms with Crippen molar-refractivity contribution in [3.63, 3.8) is 0 Å². The molecule has 3 aromatic heterocycles. The number of nitrogens with zero attached hydrogens (tertiary/aromatic N) is 7. The molecule has 1 amide bonds. The number of para-hydroxylation sites is 1. The summed E-state index contributed by atoms with van der Waals surface area (Å²) in [6.45, 7) is 1.81. The highest BCUT2D eigenvalue weighted by Gasteiger charge is 2.28. The number of likely N-dealkylation sites (N-methyl/N-ethyl adjacent to an activating group) is 1. The number of ether oxygens (including phenoxy) is 1. The van der Waals surface area contributed by atoms with Crippen molar-refractivity contribution in [2.24, 2.45) is 0 Å². The van der Waals surface area contributed by atoms with Crippen LogP contribution >= 0.6 is 0 Å². The summed E-state index contributed by atoms with van der Waals surface area (Å²) in [7, 11) is 1.95. The molecule has 2 N–H and O–H groups in total. The zero-order valence-electron chi connectivity index (χ0n) is 23.4. The largest absolute Gasteiger partial charge is 0.457 e. The predicted molar refractivity (Wildman–Crippen MR) is 163 cm³/mol. The van der Waals surface area contributed by atoms with E-state index < -0.39 is 0 Å². The number of carbonyl (C=O) groups is 1. The second kappa shape index (κ2) is 12.1. The highest BCUT2D eigenvalue weighted by atomic mass is 16.5. The molecule has 5 aromatic rings. The lowest BCUT2D eigenvalue weighted by atomic mass is 10.1. The van der Waals surface area contributed by atoms with Gasteiger partial charge in [-0.3, -0.25) is 4.79 Å². The molecular formula is C32H32N8O2. The third-order valence-electron chi connectivity index (χ3n) is 7.36. The Morgan fingerprint density at radius 1 is 1.02 bits per heavy atom. The molecule has 4 heterocycles. The number of aromatic nitrogens is 5. The summed E-state index contributed by atoms with van der Waals surface area (Å²) in [6.07, 6.45) is 8.48. The fourth-order valence-electron chi connectivity index (χ4n) is 5.20. The lowest BCUT2D eigenvalue weighted by Gasteiger charge is -2.32. The van der Waals surface area contributed by atoms with Crippen molar-refractivity contribution in [3.8, 4) is 22.8 Å². The van der Waals surface area contributed by atoms with Crippen molar-refractivity contribution in [2.75, 3.05) is 37.3 Å². The van der Waals surface area contributed by atoms with Crippen molar-refractivity contribution in [1.29, 1.82) is 0 Å². The minimum Gasteiger partial charge on any atom is -0.457 e. The summed E-state index contributed by atoms with van der Waals surface area (Å²) in [5, 5.41) is 5.70. The van der Waals surface area contributed by atoms with Crippen LogP contribution in [0.1, 0.15) is 18.9 Å². The van der Waals surface area contributed by atoms with Gasteiger partial charge in [-0.1, -0.05) is 30.3 Å². The first-order valence-electron chi connectivity index (χ1n) is 14.0. The second-order valence-corrected chi connectivity index (χ2v) is 10.2. The van der Waals surface area contributed by atoms with Gasteiger partial charge >= 0.3 is 0 Å². The minimum atomic E-state index is -0.0430. The van der Waals surface area contributed by atoms with Crippen molar-refractivity contribution < 1.29 is 9.53 Å². The van der Waals surface area contributed by atoms with Crippen LogP contribution in [0.25, 0.3) is 22.3 Å². The van der Waals surface area contributed by atoms with Gasteiger partial charge in [0.1, 0.15) is 35.2 Å². The number of nitrogen functional groups attached to an aromatic ring is 1. The van der Waals surface area contributed by atoms with E-state index in [0.29, 0.717) is 42.2 Å². The number of piperidine rings is 1. The Morgan fingerprint density at radius 2 is 1.81 bits per heavy atom. The van der Waals surface area contributed by atoms with Crippen molar-refractivity contribution in [3.05, 3.63) is 97.5 Å². The maximum absolute atomic E-state index is 13.1. The van der Waals surface area contributed by atoms with Crippen molar-refractivity contribution in [1.82, 2.24) is 29.6 Å². The average molecular weight is 561 g/mol. The summed E-state index contributed by atoms with van der Waals surface area (Å²) < 4.78 is 7.87. The summed E-state index contributed by atoms with van der Waals surface area (Å²) >= 11 is 0. The number of likely N-dealkylation sites (tertiary alicyclic amines) is 1. The van der Waals surface area contributed by atoms with E-state index in [1.807, 2.05) is 100 Å². The average Bonchev–Trinajstić information content (AvgIpc) is 3.43. The third kappa shape index (κ3) is 5.78. The molecule has 1 atom stereocenters. The lowest BCUT2D eigenvalue weighted by molar-refractivity contribution is -0.127. The Labute approximate surface area is 244 Å². The molecule has 0 unspecified atom stereocenters. The van der Waals surface area contributed by atoms with E-state index in [4.69, 9.17) is 15.6 Å². The molecule has 0 bridgehead atoms. The first kappa shape index (κ1) is 26.9. The van der Waals surface area contributed by atoms with E-state index in [2.05, 4.69) is 15.0 Å². The van der Waals surface area contributed by atoms with Gasteiger partial charge in [-0.15, -0.1) is 0 Å². The van der Waals surface area contributed by atoms with E-state index in [1.54, 1.807) is 12.3 Å². The molecule has 1 aliphatic rings. The predicted octanol–water partition coefficient (Wildman–Crippen LogP) is 5.12. The number of amides is 1. The maximum atomic E-state index is 13.1. The van der Waals surface area contributed by atoms with Crippen LogP contribution in [0.2, 0.25) is 0 Å². The highest BCUT2D eigenvalue weighted by Crippen LogP contribution is 2.35. The number of carbonyl (C=O) groups excluding carboxylic acids is 1. The van der Waals surface area contributed by atoms with Gasteiger partial charge in [0, 0.05) is 44.5 Å². The SMILES string of the molecule is CN(C/C=C/C(=O)N1CCC[C@@H](n2nc(-c3ccc(Oc4ccccc4)cc3)c3c(N)ncnc32)C1)c1ccccn1. The zero-order chi connectivity index (χ0) is 28.9. The van der Waals surface area contributed by atoms with Gasteiger partial charge < -0.3 is 20.3 Å². The van der Waals surface area contributed by atoms with E-state index in [1.165, 1.54) is 6.33 Å². The topological polar surface area (TPSA) is 115 Å². The van der Waals surface area contributed by atoms with E-state index in [9.17, 15) is 4.79 Å². The number of nitrogens with two attached hydrogens (primary N) is 1. The van der Waals surface area contributed by atoms with Crippen LogP contribution in [0.3, 0.4) is 0 Å². The summed E-state index contributed by atoms with van der Waals surface area (Å²) in [6, 6.07) is 23.1. The fraction of sp³-hybridized carbons (Fsp3) is 0.219. The Hall–Kier alpha value is -5.25. The molecule has 1 aliphatic heterocycles. The van der Waals surface area contributed by atoms with Gasteiger partial charge in [-0.25, -0.2) is 19.6 Å². The normalized spacial score (nSPS) is 15.3. The Kier molecular flexibility index (Phi) is 7.76. The second-order valence-electron chi connectivity index (χ2n) is 10.2. The summed E-state index contributed by atoms with van der Waals surface area (Å²) in [5.74, 6) is 2.69. The van der Waals surface area contributed by atoms with Gasteiger partial charge in [-0.05, 0) is 61.4 Å². The van der Waals surface area contributed by atoms with Crippen LogP contribution in [0.5, 0.6) is 11.5 Å². The van der Waals surface area contributed by atoms with Crippen molar-refractivity contribution >= 4 is 28.6 Å². The number of pyridine rings is 1. The molecule has 212 valence electrons. The number of hydrogen-bond acceptors (Lipinski definition) is 8. The summed E-state index contributed by atoms with van der Waals surface area (Å²) in [4.78, 5) is 30.1. The van der Waals surface area contributed by atoms with Gasteiger partial charge in [0.25, 0.3) is 0 Å². The quantitative estimate of drug-likeness (QED) is 0.260.